The summed E-state index contributed by atoms with van der Waals surface area (Å²) in [5, 5.41) is 0. The number of para-hydroxylation sites is 1. The molecule has 0 saturated carbocycles. The molecule has 1 rings (SSSR count). The average Bonchev–Trinajstić information content (AvgIpc) is 2.25. The molecule has 0 radical (unpaired) electrons. The molecule has 0 aliphatic rings. The van der Waals surface area contributed by atoms with Gasteiger partial charge in [-0.05, 0) is 23.6 Å². The Morgan fingerprint density at radius 2 is 1.89 bits per heavy atom. The molecule has 0 fully saturated rings. The van der Waals surface area contributed by atoms with E-state index < -0.39 is 6.36 Å². The molecule has 0 aliphatic carbocycles. The standard InChI is InChI=1S/C13H13F3O2/c1-9(2)11(8-17)7-10-5-3-4-6-12(10)18-13(14,15)16/h3-9H,1-2H3. The van der Waals surface area contributed by atoms with Crippen molar-refractivity contribution in [3.8, 4) is 5.75 Å². The first-order valence-electron chi connectivity index (χ1n) is 5.35. The lowest BCUT2D eigenvalue weighted by atomic mass is 10.0. The van der Waals surface area contributed by atoms with E-state index in [1.54, 1.807) is 19.9 Å². The molecule has 1 aromatic rings. The minimum Gasteiger partial charge on any atom is -0.405 e. The summed E-state index contributed by atoms with van der Waals surface area (Å²) in [6.07, 6.45) is -2.71. The molecule has 0 amide bonds. The Kier molecular flexibility index (Phi) is 4.53. The van der Waals surface area contributed by atoms with Crippen LogP contribution in [0.2, 0.25) is 0 Å². The third-order valence-electron chi connectivity index (χ3n) is 2.27. The number of benzene rings is 1. The first-order valence-corrected chi connectivity index (χ1v) is 5.35. The van der Waals surface area contributed by atoms with Crippen LogP contribution >= 0.6 is 0 Å². The van der Waals surface area contributed by atoms with Gasteiger partial charge in [-0.15, -0.1) is 13.2 Å². The van der Waals surface area contributed by atoms with Crippen molar-refractivity contribution in [2.75, 3.05) is 0 Å². The minimum absolute atomic E-state index is 0.0681. The predicted molar refractivity (Wildman–Crippen MR) is 62.0 cm³/mol. The predicted octanol–water partition coefficient (Wildman–Crippen LogP) is 3.82. The van der Waals surface area contributed by atoms with Crippen molar-refractivity contribution in [3.05, 3.63) is 35.4 Å². The molecular formula is C13H13F3O2. The van der Waals surface area contributed by atoms with Crippen molar-refractivity contribution >= 4 is 12.4 Å². The van der Waals surface area contributed by atoms with Crippen LogP contribution in [0, 0.1) is 5.92 Å². The van der Waals surface area contributed by atoms with Gasteiger partial charge in [0, 0.05) is 5.56 Å². The number of aldehydes is 1. The summed E-state index contributed by atoms with van der Waals surface area (Å²) in [6, 6.07) is 5.70. The van der Waals surface area contributed by atoms with Gasteiger partial charge in [0.15, 0.2) is 0 Å². The van der Waals surface area contributed by atoms with Crippen molar-refractivity contribution in [2.24, 2.45) is 5.92 Å². The maximum Gasteiger partial charge on any atom is 0.573 e. The molecule has 98 valence electrons. The Morgan fingerprint density at radius 3 is 2.39 bits per heavy atom. The van der Waals surface area contributed by atoms with Gasteiger partial charge in [0.05, 0.1) is 0 Å². The third kappa shape index (κ3) is 4.24. The summed E-state index contributed by atoms with van der Waals surface area (Å²) in [6.45, 7) is 3.57. The Hall–Kier alpha value is -1.78. The molecule has 0 heterocycles. The second-order valence-corrected chi connectivity index (χ2v) is 4.00. The molecule has 0 unspecified atom stereocenters. The molecule has 5 heteroatoms. The van der Waals surface area contributed by atoms with Gasteiger partial charge in [-0.1, -0.05) is 32.0 Å². The van der Waals surface area contributed by atoms with Crippen LogP contribution in [0.5, 0.6) is 5.75 Å². The molecule has 2 nitrogen and oxygen atoms in total. The molecule has 18 heavy (non-hydrogen) atoms. The normalized spacial score (nSPS) is 12.7. The molecule has 0 spiro atoms. The number of allylic oxidation sites excluding steroid dienone is 1. The van der Waals surface area contributed by atoms with Gasteiger partial charge in [-0.3, -0.25) is 4.79 Å². The Morgan fingerprint density at radius 1 is 1.28 bits per heavy atom. The fraction of sp³-hybridized carbons (Fsp3) is 0.308. The van der Waals surface area contributed by atoms with Crippen LogP contribution in [0.15, 0.2) is 29.8 Å². The van der Waals surface area contributed by atoms with Crippen molar-refractivity contribution < 1.29 is 22.7 Å². The van der Waals surface area contributed by atoms with E-state index in [2.05, 4.69) is 4.74 Å². The largest absolute Gasteiger partial charge is 0.573 e. The van der Waals surface area contributed by atoms with Crippen molar-refractivity contribution in [1.82, 2.24) is 0 Å². The molecule has 0 aromatic heterocycles. The van der Waals surface area contributed by atoms with Gasteiger partial charge < -0.3 is 4.74 Å². The summed E-state index contributed by atoms with van der Waals surface area (Å²) in [5.41, 5.74) is 0.638. The van der Waals surface area contributed by atoms with Crippen LogP contribution in [0.4, 0.5) is 13.2 Å². The molecule has 0 aliphatic heterocycles. The van der Waals surface area contributed by atoms with Crippen LogP contribution in [-0.4, -0.2) is 12.6 Å². The molecule has 0 atom stereocenters. The number of ether oxygens (including phenoxy) is 1. The van der Waals surface area contributed by atoms with E-state index in [1.165, 1.54) is 24.3 Å². The number of alkyl halides is 3. The Labute approximate surface area is 103 Å². The topological polar surface area (TPSA) is 26.3 Å². The maximum absolute atomic E-state index is 12.2. The maximum atomic E-state index is 12.2. The van der Waals surface area contributed by atoms with E-state index in [0.29, 0.717) is 11.9 Å². The zero-order valence-corrected chi connectivity index (χ0v) is 9.99. The summed E-state index contributed by atoms with van der Waals surface area (Å²) in [4.78, 5) is 10.8. The summed E-state index contributed by atoms with van der Waals surface area (Å²) < 4.78 is 40.5. The number of hydrogen-bond acceptors (Lipinski definition) is 2. The number of carbonyl (C=O) groups excluding carboxylic acids is 1. The third-order valence-corrected chi connectivity index (χ3v) is 2.27. The molecular weight excluding hydrogens is 245 g/mol. The van der Waals surface area contributed by atoms with E-state index in [4.69, 9.17) is 0 Å². The van der Waals surface area contributed by atoms with E-state index >= 15 is 0 Å². The highest BCUT2D eigenvalue weighted by Gasteiger charge is 2.31. The molecule has 0 N–H and O–H groups in total. The number of halogens is 3. The van der Waals surface area contributed by atoms with Crippen LogP contribution < -0.4 is 4.74 Å². The van der Waals surface area contributed by atoms with Gasteiger partial charge in [-0.2, -0.15) is 0 Å². The summed E-state index contributed by atoms with van der Waals surface area (Å²) in [7, 11) is 0. The SMILES string of the molecule is CC(C)C(C=O)=Cc1ccccc1OC(F)(F)F. The molecule has 1 aromatic carbocycles. The average molecular weight is 258 g/mol. The van der Waals surface area contributed by atoms with Crippen molar-refractivity contribution in [2.45, 2.75) is 20.2 Å². The lowest BCUT2D eigenvalue weighted by Gasteiger charge is -2.12. The summed E-state index contributed by atoms with van der Waals surface area (Å²) in [5.74, 6) is -0.383. The highest BCUT2D eigenvalue weighted by molar-refractivity contribution is 5.83. The minimum atomic E-state index is -4.75. The monoisotopic (exact) mass is 258 g/mol. The second-order valence-electron chi connectivity index (χ2n) is 4.00. The Bertz CT molecular complexity index is 448. The van der Waals surface area contributed by atoms with E-state index in [1.807, 2.05) is 0 Å². The number of carbonyl (C=O) groups is 1. The lowest BCUT2D eigenvalue weighted by Crippen LogP contribution is -2.17. The van der Waals surface area contributed by atoms with Gasteiger partial charge in [0.2, 0.25) is 0 Å². The smallest absolute Gasteiger partial charge is 0.405 e. The van der Waals surface area contributed by atoms with E-state index in [9.17, 15) is 18.0 Å². The fourth-order valence-electron chi connectivity index (χ4n) is 1.33. The van der Waals surface area contributed by atoms with Crippen LogP contribution in [0.3, 0.4) is 0 Å². The fourth-order valence-corrected chi connectivity index (χ4v) is 1.33. The molecule has 0 saturated heterocycles. The first kappa shape index (κ1) is 14.3. The first-order chi connectivity index (χ1) is 8.33. The Balaban J connectivity index is 3.13. The van der Waals surface area contributed by atoms with E-state index in [0.717, 1.165) is 0 Å². The van der Waals surface area contributed by atoms with Gasteiger partial charge >= 0.3 is 6.36 Å². The highest BCUT2D eigenvalue weighted by Crippen LogP contribution is 2.28. The quantitative estimate of drug-likeness (QED) is 0.606. The summed E-state index contributed by atoms with van der Waals surface area (Å²) >= 11 is 0. The van der Waals surface area contributed by atoms with E-state index in [-0.39, 0.29) is 17.2 Å². The van der Waals surface area contributed by atoms with Crippen LogP contribution in [0.25, 0.3) is 6.08 Å². The highest BCUT2D eigenvalue weighted by atomic mass is 19.4. The zero-order chi connectivity index (χ0) is 13.8. The number of hydrogen-bond donors (Lipinski definition) is 0. The molecule has 0 bridgehead atoms. The van der Waals surface area contributed by atoms with Gasteiger partial charge in [0.1, 0.15) is 12.0 Å². The number of rotatable bonds is 4. The second kappa shape index (κ2) is 5.71. The van der Waals surface area contributed by atoms with Crippen molar-refractivity contribution in [1.29, 1.82) is 0 Å². The van der Waals surface area contributed by atoms with Crippen molar-refractivity contribution in [3.63, 3.8) is 0 Å². The lowest BCUT2D eigenvalue weighted by molar-refractivity contribution is -0.274. The van der Waals surface area contributed by atoms with Crippen LogP contribution in [0.1, 0.15) is 19.4 Å². The van der Waals surface area contributed by atoms with Gasteiger partial charge in [-0.25, -0.2) is 0 Å². The zero-order valence-electron chi connectivity index (χ0n) is 9.99. The van der Waals surface area contributed by atoms with Crippen LogP contribution in [-0.2, 0) is 4.79 Å². The van der Waals surface area contributed by atoms with Gasteiger partial charge in [0.25, 0.3) is 0 Å².